The Labute approximate surface area is 254 Å². The maximum Gasteiger partial charge on any atom is 0.245 e. The van der Waals surface area contributed by atoms with E-state index >= 15 is 0 Å². The number of aliphatic hydroxyl groups is 1. The highest BCUT2D eigenvalue weighted by molar-refractivity contribution is 6.02. The molecular formula is C32H48N4O7. The molecule has 5 rings (SSSR count). The molecule has 4 aliphatic heterocycles. The third-order valence-corrected chi connectivity index (χ3v) is 9.78. The standard InChI is InChI=1S/C32H48N4O7/c1-3-31-13-14-32(43-31)26(25(31)28(38)34-23-9-11-24(12-10-23)42-4-2)30(40)36(16-7-5-6-8-20-37)27(32)29(39)33-15-17-35-18-21-41-22-19-35/h9-12,25-27,37H,3-8,13-22H2,1-2H3,(H,33,39)(H,34,38)/t25-,26+,27?,31+,32?/m1/s1. The molecular weight excluding hydrogens is 552 g/mol. The van der Waals surface area contributed by atoms with Crippen LogP contribution in [0.4, 0.5) is 5.69 Å². The lowest BCUT2D eigenvalue weighted by atomic mass is 9.65. The first-order chi connectivity index (χ1) is 20.9. The maximum atomic E-state index is 14.3. The van der Waals surface area contributed by atoms with E-state index in [1.54, 1.807) is 17.0 Å². The molecule has 238 valence electrons. The molecule has 4 fully saturated rings. The molecule has 2 bridgehead atoms. The fourth-order valence-electron chi connectivity index (χ4n) is 7.68. The number of ether oxygens (including phenoxy) is 3. The summed E-state index contributed by atoms with van der Waals surface area (Å²) in [5.41, 5.74) is -1.21. The summed E-state index contributed by atoms with van der Waals surface area (Å²) in [5.74, 6) is -1.33. The van der Waals surface area contributed by atoms with Crippen molar-refractivity contribution in [3.63, 3.8) is 0 Å². The average Bonchev–Trinajstić information content (AvgIpc) is 3.62. The molecule has 0 aromatic heterocycles. The van der Waals surface area contributed by atoms with Gasteiger partial charge in [-0.25, -0.2) is 0 Å². The van der Waals surface area contributed by atoms with E-state index in [4.69, 9.17) is 14.2 Å². The van der Waals surface area contributed by atoms with Crippen LogP contribution in [0.25, 0.3) is 0 Å². The van der Waals surface area contributed by atoms with E-state index in [1.807, 2.05) is 26.0 Å². The fraction of sp³-hybridized carbons (Fsp3) is 0.719. The molecule has 11 heteroatoms. The fourth-order valence-corrected chi connectivity index (χ4v) is 7.68. The number of carbonyl (C=O) groups is 3. The average molecular weight is 601 g/mol. The number of nitrogens with one attached hydrogen (secondary N) is 2. The Kier molecular flexibility index (Phi) is 10.3. The van der Waals surface area contributed by atoms with Crippen LogP contribution in [0.2, 0.25) is 0 Å². The van der Waals surface area contributed by atoms with Gasteiger partial charge in [0.15, 0.2) is 0 Å². The molecule has 4 aliphatic rings. The summed E-state index contributed by atoms with van der Waals surface area (Å²) in [6, 6.07) is 6.43. The van der Waals surface area contributed by atoms with E-state index in [2.05, 4.69) is 15.5 Å². The molecule has 43 heavy (non-hydrogen) atoms. The Morgan fingerprint density at radius 2 is 1.77 bits per heavy atom. The molecule has 0 radical (unpaired) electrons. The molecule has 4 heterocycles. The van der Waals surface area contributed by atoms with Crippen LogP contribution in [0.5, 0.6) is 5.75 Å². The summed E-state index contributed by atoms with van der Waals surface area (Å²) >= 11 is 0. The quantitative estimate of drug-likeness (QED) is 0.261. The van der Waals surface area contributed by atoms with Crippen molar-refractivity contribution in [3.05, 3.63) is 24.3 Å². The number of hydrogen-bond donors (Lipinski definition) is 3. The van der Waals surface area contributed by atoms with Crippen LogP contribution in [0.3, 0.4) is 0 Å². The van der Waals surface area contributed by atoms with Gasteiger partial charge in [0.2, 0.25) is 17.7 Å². The van der Waals surface area contributed by atoms with Crippen molar-refractivity contribution in [1.82, 2.24) is 15.1 Å². The van der Waals surface area contributed by atoms with Gasteiger partial charge in [-0.1, -0.05) is 19.8 Å². The molecule has 4 saturated heterocycles. The first-order valence-corrected chi connectivity index (χ1v) is 16.1. The van der Waals surface area contributed by atoms with Crippen molar-refractivity contribution in [3.8, 4) is 5.75 Å². The smallest absolute Gasteiger partial charge is 0.245 e. The van der Waals surface area contributed by atoms with Crippen LogP contribution in [-0.2, 0) is 23.9 Å². The lowest BCUT2D eigenvalue weighted by molar-refractivity contribution is -0.146. The lowest BCUT2D eigenvalue weighted by Crippen LogP contribution is -2.56. The monoisotopic (exact) mass is 600 g/mol. The summed E-state index contributed by atoms with van der Waals surface area (Å²) in [6.07, 6.45) is 4.88. The number of carbonyl (C=O) groups excluding carboxylic acids is 3. The predicted molar refractivity (Wildman–Crippen MR) is 161 cm³/mol. The van der Waals surface area contributed by atoms with Gasteiger partial charge in [0.25, 0.3) is 0 Å². The Balaban J connectivity index is 1.36. The minimum Gasteiger partial charge on any atom is -0.494 e. The van der Waals surface area contributed by atoms with Crippen molar-refractivity contribution in [2.75, 3.05) is 64.5 Å². The van der Waals surface area contributed by atoms with Crippen molar-refractivity contribution >= 4 is 23.4 Å². The largest absolute Gasteiger partial charge is 0.494 e. The number of aliphatic hydroxyl groups excluding tert-OH is 1. The van der Waals surface area contributed by atoms with E-state index < -0.39 is 29.1 Å². The van der Waals surface area contributed by atoms with E-state index in [-0.39, 0.29) is 24.3 Å². The number of unbranched alkanes of at least 4 members (excludes halogenated alkanes) is 3. The molecule has 2 unspecified atom stereocenters. The van der Waals surface area contributed by atoms with Gasteiger partial charge in [0.1, 0.15) is 17.4 Å². The molecule has 1 aromatic rings. The van der Waals surface area contributed by atoms with Crippen molar-refractivity contribution in [2.45, 2.75) is 76.0 Å². The highest BCUT2D eigenvalue weighted by Crippen LogP contribution is 2.64. The van der Waals surface area contributed by atoms with E-state index in [9.17, 15) is 19.5 Å². The predicted octanol–water partition coefficient (Wildman–Crippen LogP) is 2.18. The molecule has 3 amide bonds. The van der Waals surface area contributed by atoms with Gasteiger partial charge < -0.3 is 34.9 Å². The maximum absolute atomic E-state index is 14.3. The second kappa shape index (κ2) is 13.9. The van der Waals surface area contributed by atoms with Crippen LogP contribution in [0.15, 0.2) is 24.3 Å². The van der Waals surface area contributed by atoms with Crippen molar-refractivity contribution in [2.24, 2.45) is 11.8 Å². The molecule has 3 N–H and O–H groups in total. The number of fused-ring (bicyclic) bond motifs is 1. The van der Waals surface area contributed by atoms with Gasteiger partial charge in [-0.2, -0.15) is 0 Å². The summed E-state index contributed by atoms with van der Waals surface area (Å²) in [6.45, 7) is 9.23. The van der Waals surface area contributed by atoms with Gasteiger partial charge in [0.05, 0.1) is 37.3 Å². The third-order valence-electron chi connectivity index (χ3n) is 9.78. The van der Waals surface area contributed by atoms with Crippen molar-refractivity contribution in [1.29, 1.82) is 0 Å². The number of benzene rings is 1. The number of likely N-dealkylation sites (tertiary alicyclic amines) is 1. The summed E-state index contributed by atoms with van der Waals surface area (Å²) in [5, 5.41) is 15.3. The molecule has 1 aromatic carbocycles. The number of rotatable bonds is 15. The van der Waals surface area contributed by atoms with Crippen LogP contribution in [0.1, 0.15) is 58.8 Å². The first-order valence-electron chi connectivity index (χ1n) is 16.1. The van der Waals surface area contributed by atoms with Gasteiger partial charge in [-0.3, -0.25) is 19.3 Å². The van der Waals surface area contributed by atoms with Crippen molar-refractivity contribution < 1.29 is 33.7 Å². The van der Waals surface area contributed by atoms with E-state index in [0.717, 1.165) is 31.7 Å². The summed E-state index contributed by atoms with van der Waals surface area (Å²) < 4.78 is 17.8. The van der Waals surface area contributed by atoms with Gasteiger partial charge in [-0.05, 0) is 63.3 Å². The van der Waals surface area contributed by atoms with E-state index in [0.29, 0.717) is 77.2 Å². The minimum atomic E-state index is -1.04. The minimum absolute atomic E-state index is 0.139. The third kappa shape index (κ3) is 6.27. The first kappa shape index (κ1) is 31.7. The SMILES string of the molecule is CCOc1ccc(NC(=O)[C@H]2[C@H]3C(=O)N(CCCCCCO)C(C(=O)NCCN4CCOCC4)C34CC[C@]2(CC)O4)cc1. The summed E-state index contributed by atoms with van der Waals surface area (Å²) in [4.78, 5) is 46.2. The lowest BCUT2D eigenvalue weighted by Gasteiger charge is -2.34. The van der Waals surface area contributed by atoms with Crippen LogP contribution in [-0.4, -0.2) is 109 Å². The number of hydrogen-bond acceptors (Lipinski definition) is 8. The highest BCUT2D eigenvalue weighted by atomic mass is 16.5. The Morgan fingerprint density at radius 1 is 1.02 bits per heavy atom. The van der Waals surface area contributed by atoms with E-state index in [1.165, 1.54) is 0 Å². The zero-order chi connectivity index (χ0) is 30.5. The zero-order valence-electron chi connectivity index (χ0n) is 25.6. The second-order valence-corrected chi connectivity index (χ2v) is 12.2. The Hall–Kier alpha value is -2.73. The molecule has 5 atom stereocenters. The zero-order valence-corrected chi connectivity index (χ0v) is 25.6. The second-order valence-electron chi connectivity index (χ2n) is 12.2. The Morgan fingerprint density at radius 3 is 2.47 bits per heavy atom. The van der Waals surface area contributed by atoms with Gasteiger partial charge in [0, 0.05) is 45.0 Å². The number of anilines is 1. The number of morpholine rings is 1. The topological polar surface area (TPSA) is 130 Å². The Bertz CT molecular complexity index is 1130. The van der Waals surface area contributed by atoms with Crippen LogP contribution >= 0.6 is 0 Å². The number of nitrogens with zero attached hydrogens (tertiary/aromatic N) is 2. The van der Waals surface area contributed by atoms with Crippen LogP contribution < -0.4 is 15.4 Å². The van der Waals surface area contributed by atoms with Gasteiger partial charge in [-0.15, -0.1) is 0 Å². The molecule has 0 saturated carbocycles. The molecule has 1 spiro atoms. The number of amides is 3. The molecule has 0 aliphatic carbocycles. The molecule has 11 nitrogen and oxygen atoms in total. The van der Waals surface area contributed by atoms with Gasteiger partial charge >= 0.3 is 0 Å². The normalized spacial score (nSPS) is 30.0. The van der Waals surface area contributed by atoms with Crippen LogP contribution in [0, 0.1) is 11.8 Å². The summed E-state index contributed by atoms with van der Waals surface area (Å²) in [7, 11) is 0. The highest BCUT2D eigenvalue weighted by Gasteiger charge is 2.78.